The molecule has 3 rings (SSSR count). The van der Waals surface area contributed by atoms with Crippen molar-refractivity contribution in [1.29, 1.82) is 5.26 Å². The van der Waals surface area contributed by atoms with Crippen molar-refractivity contribution in [2.24, 2.45) is 0 Å². The molecule has 0 saturated carbocycles. The minimum Gasteiger partial charge on any atom is -0.318 e. The molecule has 0 spiro atoms. The molecule has 0 amide bonds. The molecule has 0 N–H and O–H groups in total. The summed E-state index contributed by atoms with van der Waals surface area (Å²) in [4.78, 5) is 0. The first kappa shape index (κ1) is 17.8. The molecule has 130 valence electrons. The van der Waals surface area contributed by atoms with E-state index in [9.17, 15) is 5.26 Å². The predicted molar refractivity (Wildman–Crippen MR) is 109 cm³/mol. The largest absolute Gasteiger partial charge is 0.318 e. The van der Waals surface area contributed by atoms with Crippen LogP contribution in [-0.4, -0.2) is 4.57 Å². The SMILES string of the molecule is CCc1ccc(-n2c(C)cc(/C=C(/C#N)c3ccc(C)cc3)c2C)cc1. The third-order valence-corrected chi connectivity index (χ3v) is 4.86. The second-order valence-electron chi connectivity index (χ2n) is 6.72. The van der Waals surface area contributed by atoms with E-state index in [0.717, 1.165) is 28.9 Å². The number of benzene rings is 2. The lowest BCUT2D eigenvalue weighted by Gasteiger charge is -2.10. The average molecular weight is 340 g/mol. The third kappa shape index (κ3) is 3.48. The first-order valence-electron chi connectivity index (χ1n) is 9.00. The van der Waals surface area contributed by atoms with Crippen LogP contribution in [0.2, 0.25) is 0 Å². The van der Waals surface area contributed by atoms with Crippen LogP contribution in [0.3, 0.4) is 0 Å². The quantitative estimate of drug-likeness (QED) is 0.533. The van der Waals surface area contributed by atoms with Gasteiger partial charge >= 0.3 is 0 Å². The van der Waals surface area contributed by atoms with Crippen LogP contribution in [0.4, 0.5) is 0 Å². The van der Waals surface area contributed by atoms with Crippen molar-refractivity contribution >= 4 is 11.6 Å². The van der Waals surface area contributed by atoms with Crippen LogP contribution < -0.4 is 0 Å². The molecule has 0 radical (unpaired) electrons. The molecule has 26 heavy (non-hydrogen) atoms. The summed E-state index contributed by atoms with van der Waals surface area (Å²) in [5, 5.41) is 9.63. The van der Waals surface area contributed by atoms with E-state index in [4.69, 9.17) is 0 Å². The Labute approximate surface area is 156 Å². The minimum absolute atomic E-state index is 0.687. The van der Waals surface area contributed by atoms with Gasteiger partial charge in [-0.15, -0.1) is 0 Å². The number of nitriles is 1. The average Bonchev–Trinajstić information content (AvgIpc) is 2.94. The van der Waals surface area contributed by atoms with Gasteiger partial charge in [-0.25, -0.2) is 0 Å². The van der Waals surface area contributed by atoms with E-state index in [-0.39, 0.29) is 0 Å². The van der Waals surface area contributed by atoms with Crippen LogP contribution in [0.15, 0.2) is 54.6 Å². The fourth-order valence-electron chi connectivity index (χ4n) is 3.28. The molecule has 2 nitrogen and oxygen atoms in total. The molecule has 1 aromatic heterocycles. The third-order valence-electron chi connectivity index (χ3n) is 4.86. The van der Waals surface area contributed by atoms with Gasteiger partial charge in [0.05, 0.1) is 11.6 Å². The van der Waals surface area contributed by atoms with Gasteiger partial charge in [0.25, 0.3) is 0 Å². The van der Waals surface area contributed by atoms with E-state index in [1.54, 1.807) is 0 Å². The molecule has 1 heterocycles. The second kappa shape index (κ2) is 7.45. The van der Waals surface area contributed by atoms with E-state index in [2.05, 4.69) is 68.7 Å². The van der Waals surface area contributed by atoms with Crippen LogP contribution in [0.1, 0.15) is 40.6 Å². The van der Waals surface area contributed by atoms with Crippen molar-refractivity contribution in [3.8, 4) is 11.8 Å². The summed E-state index contributed by atoms with van der Waals surface area (Å²) in [6.07, 6.45) is 3.03. The van der Waals surface area contributed by atoms with E-state index in [0.29, 0.717) is 5.57 Å². The summed E-state index contributed by atoms with van der Waals surface area (Å²) in [5.41, 5.74) is 8.72. The van der Waals surface area contributed by atoms with Crippen molar-refractivity contribution in [3.63, 3.8) is 0 Å². The van der Waals surface area contributed by atoms with Gasteiger partial charge in [-0.3, -0.25) is 0 Å². The number of hydrogen-bond acceptors (Lipinski definition) is 1. The molecule has 0 aliphatic heterocycles. The Bertz CT molecular complexity index is 978. The van der Waals surface area contributed by atoms with Gasteiger partial charge in [0.15, 0.2) is 0 Å². The van der Waals surface area contributed by atoms with Crippen molar-refractivity contribution in [1.82, 2.24) is 4.57 Å². The van der Waals surface area contributed by atoms with Crippen LogP contribution >= 0.6 is 0 Å². The van der Waals surface area contributed by atoms with Gasteiger partial charge in [-0.2, -0.15) is 5.26 Å². The van der Waals surface area contributed by atoms with Crippen molar-refractivity contribution in [2.45, 2.75) is 34.1 Å². The highest BCUT2D eigenvalue weighted by Gasteiger charge is 2.11. The highest BCUT2D eigenvalue weighted by Crippen LogP contribution is 2.25. The number of aryl methyl sites for hydroxylation is 3. The zero-order chi connectivity index (χ0) is 18.7. The maximum atomic E-state index is 9.63. The first-order valence-corrected chi connectivity index (χ1v) is 9.00. The molecule has 0 saturated heterocycles. The Morgan fingerprint density at radius 3 is 2.23 bits per heavy atom. The van der Waals surface area contributed by atoms with Gasteiger partial charge in [0.2, 0.25) is 0 Å². The summed E-state index contributed by atoms with van der Waals surface area (Å²) in [6.45, 7) is 8.43. The molecular weight excluding hydrogens is 316 g/mol. The second-order valence-corrected chi connectivity index (χ2v) is 6.72. The Kier molecular flexibility index (Phi) is 5.09. The van der Waals surface area contributed by atoms with Crippen molar-refractivity contribution < 1.29 is 0 Å². The van der Waals surface area contributed by atoms with Crippen molar-refractivity contribution in [2.75, 3.05) is 0 Å². The van der Waals surface area contributed by atoms with Crippen LogP contribution in [0.25, 0.3) is 17.3 Å². The Morgan fingerprint density at radius 2 is 1.65 bits per heavy atom. The highest BCUT2D eigenvalue weighted by atomic mass is 15.0. The number of aromatic nitrogens is 1. The summed E-state index contributed by atoms with van der Waals surface area (Å²) in [6, 6.07) is 21.3. The number of hydrogen-bond donors (Lipinski definition) is 0. The van der Waals surface area contributed by atoms with E-state index >= 15 is 0 Å². The summed E-state index contributed by atoms with van der Waals surface area (Å²) >= 11 is 0. The highest BCUT2D eigenvalue weighted by molar-refractivity contribution is 5.90. The molecule has 0 atom stereocenters. The van der Waals surface area contributed by atoms with Crippen LogP contribution in [-0.2, 0) is 6.42 Å². The molecular formula is C24H24N2. The van der Waals surface area contributed by atoms with Crippen molar-refractivity contribution in [3.05, 3.63) is 88.2 Å². The Hall–Kier alpha value is -3.05. The topological polar surface area (TPSA) is 28.7 Å². The Morgan fingerprint density at radius 1 is 1.00 bits per heavy atom. The molecule has 0 bridgehead atoms. The number of nitrogens with zero attached hydrogens (tertiary/aromatic N) is 2. The van der Waals surface area contributed by atoms with E-state index in [1.807, 2.05) is 30.3 Å². The summed E-state index contributed by atoms with van der Waals surface area (Å²) < 4.78 is 2.25. The van der Waals surface area contributed by atoms with Gasteiger partial charge in [-0.1, -0.05) is 48.9 Å². The molecule has 0 fully saturated rings. The van der Waals surface area contributed by atoms with E-state index in [1.165, 1.54) is 16.8 Å². The summed E-state index contributed by atoms with van der Waals surface area (Å²) in [7, 11) is 0. The van der Waals surface area contributed by atoms with Gasteiger partial charge < -0.3 is 4.57 Å². The lowest BCUT2D eigenvalue weighted by molar-refractivity contribution is 0.961. The Balaban J connectivity index is 2.03. The molecule has 2 heteroatoms. The van der Waals surface area contributed by atoms with Crippen LogP contribution in [0.5, 0.6) is 0 Å². The lowest BCUT2D eigenvalue weighted by Crippen LogP contribution is -1.99. The van der Waals surface area contributed by atoms with Crippen LogP contribution in [0, 0.1) is 32.1 Å². The molecule has 0 aliphatic carbocycles. The smallest absolute Gasteiger partial charge is 0.0998 e. The predicted octanol–water partition coefficient (Wildman–Crippen LogP) is 6.03. The first-order chi connectivity index (χ1) is 12.5. The van der Waals surface area contributed by atoms with Gasteiger partial charge in [0, 0.05) is 17.1 Å². The minimum atomic E-state index is 0.687. The van der Waals surface area contributed by atoms with Gasteiger partial charge in [0.1, 0.15) is 0 Å². The molecule has 2 aromatic carbocycles. The fourth-order valence-corrected chi connectivity index (χ4v) is 3.28. The zero-order valence-corrected chi connectivity index (χ0v) is 15.9. The lowest BCUT2D eigenvalue weighted by atomic mass is 10.0. The number of rotatable bonds is 4. The van der Waals surface area contributed by atoms with E-state index < -0.39 is 0 Å². The standard InChI is InChI=1S/C24H24N2/c1-5-20-8-12-24(13-9-20)26-18(3)14-22(19(26)4)15-23(16-25)21-10-6-17(2)7-11-21/h6-15H,5H2,1-4H3/b23-15-. The number of allylic oxidation sites excluding steroid dienone is 1. The van der Waals surface area contributed by atoms with Gasteiger partial charge in [-0.05, 0) is 68.2 Å². The fraction of sp³-hybridized carbons (Fsp3) is 0.208. The monoisotopic (exact) mass is 340 g/mol. The molecule has 3 aromatic rings. The molecule has 0 unspecified atom stereocenters. The normalized spacial score (nSPS) is 11.4. The zero-order valence-electron chi connectivity index (χ0n) is 15.9. The molecule has 0 aliphatic rings. The maximum absolute atomic E-state index is 9.63. The maximum Gasteiger partial charge on any atom is 0.0998 e. The summed E-state index contributed by atoms with van der Waals surface area (Å²) in [5.74, 6) is 0.